The molecular formula is C18H23N5O2. The van der Waals surface area contributed by atoms with Crippen molar-refractivity contribution in [3.05, 3.63) is 30.4 Å². The van der Waals surface area contributed by atoms with Crippen molar-refractivity contribution in [1.82, 2.24) is 24.9 Å². The molecular weight excluding hydrogens is 318 g/mol. The molecule has 7 heteroatoms. The molecule has 25 heavy (non-hydrogen) atoms. The number of hydrogen-bond acceptors (Lipinski definition) is 6. The van der Waals surface area contributed by atoms with E-state index in [4.69, 9.17) is 4.52 Å². The van der Waals surface area contributed by atoms with Crippen LogP contribution < -0.4 is 0 Å². The highest BCUT2D eigenvalue weighted by molar-refractivity contribution is 5.79. The van der Waals surface area contributed by atoms with E-state index < -0.39 is 0 Å². The summed E-state index contributed by atoms with van der Waals surface area (Å²) in [7, 11) is 0. The maximum absolute atomic E-state index is 12.5. The van der Waals surface area contributed by atoms with Crippen LogP contribution in [0.4, 0.5) is 0 Å². The van der Waals surface area contributed by atoms with Gasteiger partial charge in [0.25, 0.3) is 0 Å². The summed E-state index contributed by atoms with van der Waals surface area (Å²) in [5, 5.41) is 4.03. The number of rotatable bonds is 4. The van der Waals surface area contributed by atoms with Crippen LogP contribution in [0, 0.1) is 5.92 Å². The molecule has 2 aromatic heterocycles. The van der Waals surface area contributed by atoms with E-state index in [9.17, 15) is 4.79 Å². The quantitative estimate of drug-likeness (QED) is 0.846. The molecule has 0 bridgehead atoms. The lowest BCUT2D eigenvalue weighted by molar-refractivity contribution is -0.136. The molecule has 2 fully saturated rings. The monoisotopic (exact) mass is 341 g/mol. The maximum Gasteiger partial charge on any atom is 0.241 e. The first-order chi connectivity index (χ1) is 12.3. The van der Waals surface area contributed by atoms with E-state index in [-0.39, 0.29) is 5.92 Å². The number of likely N-dealkylation sites (tertiary alicyclic amines) is 2. The highest BCUT2D eigenvalue weighted by Gasteiger charge is 2.30. The predicted molar refractivity (Wildman–Crippen MR) is 91.3 cm³/mol. The van der Waals surface area contributed by atoms with Gasteiger partial charge in [-0.05, 0) is 50.9 Å². The average molecular weight is 341 g/mol. The number of piperidine rings is 1. The standard InChI is InChI=1S/C18H23N5O2/c24-18(23-8-1-2-9-23)14-5-10-22(11-6-14)13-16-20-17(21-25-16)15-4-3-7-19-12-15/h3-4,7,12,14H,1-2,5-6,8-11,13H2. The zero-order valence-corrected chi connectivity index (χ0v) is 14.3. The number of aromatic nitrogens is 3. The molecule has 2 saturated heterocycles. The third-order valence-corrected chi connectivity index (χ3v) is 5.10. The van der Waals surface area contributed by atoms with Crippen molar-refractivity contribution < 1.29 is 9.32 Å². The Kier molecular flexibility index (Phi) is 4.74. The third-order valence-electron chi connectivity index (χ3n) is 5.10. The van der Waals surface area contributed by atoms with Crippen LogP contribution in [0.1, 0.15) is 31.6 Å². The van der Waals surface area contributed by atoms with Crippen LogP contribution in [0.25, 0.3) is 11.4 Å². The van der Waals surface area contributed by atoms with E-state index in [0.717, 1.165) is 57.4 Å². The Morgan fingerprint density at radius 2 is 2.00 bits per heavy atom. The lowest BCUT2D eigenvalue weighted by atomic mass is 9.95. The summed E-state index contributed by atoms with van der Waals surface area (Å²) in [5.74, 6) is 1.72. The Labute approximate surface area is 147 Å². The van der Waals surface area contributed by atoms with Gasteiger partial charge >= 0.3 is 0 Å². The van der Waals surface area contributed by atoms with Crippen molar-refractivity contribution in [3.63, 3.8) is 0 Å². The minimum Gasteiger partial charge on any atom is -0.342 e. The smallest absolute Gasteiger partial charge is 0.241 e. The molecule has 7 nitrogen and oxygen atoms in total. The second kappa shape index (κ2) is 7.31. The highest BCUT2D eigenvalue weighted by Crippen LogP contribution is 2.23. The topological polar surface area (TPSA) is 75.4 Å². The van der Waals surface area contributed by atoms with E-state index in [2.05, 4.69) is 20.0 Å². The maximum atomic E-state index is 12.5. The van der Waals surface area contributed by atoms with Crippen molar-refractivity contribution in [2.75, 3.05) is 26.2 Å². The fraction of sp³-hybridized carbons (Fsp3) is 0.556. The molecule has 0 radical (unpaired) electrons. The van der Waals surface area contributed by atoms with Gasteiger partial charge in [-0.15, -0.1) is 0 Å². The van der Waals surface area contributed by atoms with Crippen molar-refractivity contribution in [2.24, 2.45) is 5.92 Å². The minimum atomic E-state index is 0.183. The van der Waals surface area contributed by atoms with Gasteiger partial charge in [0.1, 0.15) is 0 Å². The molecule has 0 unspecified atom stereocenters. The molecule has 0 spiro atoms. The largest absolute Gasteiger partial charge is 0.342 e. The van der Waals surface area contributed by atoms with Gasteiger partial charge in [-0.1, -0.05) is 5.16 Å². The zero-order valence-electron chi connectivity index (χ0n) is 14.3. The Bertz CT molecular complexity index is 703. The van der Waals surface area contributed by atoms with Crippen LogP contribution in [-0.4, -0.2) is 57.0 Å². The first-order valence-electron chi connectivity index (χ1n) is 9.04. The summed E-state index contributed by atoms with van der Waals surface area (Å²) in [6.45, 7) is 4.32. The second-order valence-electron chi connectivity index (χ2n) is 6.84. The molecule has 4 heterocycles. The summed E-state index contributed by atoms with van der Waals surface area (Å²) in [6, 6.07) is 3.77. The van der Waals surface area contributed by atoms with E-state index in [0.29, 0.717) is 24.2 Å². The van der Waals surface area contributed by atoms with Crippen molar-refractivity contribution in [1.29, 1.82) is 0 Å². The van der Waals surface area contributed by atoms with Crippen molar-refractivity contribution in [2.45, 2.75) is 32.2 Å². The lowest BCUT2D eigenvalue weighted by Crippen LogP contribution is -2.41. The van der Waals surface area contributed by atoms with Crippen LogP contribution in [0.5, 0.6) is 0 Å². The highest BCUT2D eigenvalue weighted by atomic mass is 16.5. The molecule has 2 aliphatic heterocycles. The summed E-state index contributed by atoms with van der Waals surface area (Å²) in [4.78, 5) is 25.3. The van der Waals surface area contributed by atoms with Gasteiger partial charge in [-0.2, -0.15) is 4.98 Å². The normalized spacial score (nSPS) is 19.4. The van der Waals surface area contributed by atoms with Crippen LogP contribution in [0.2, 0.25) is 0 Å². The Balaban J connectivity index is 1.30. The van der Waals surface area contributed by atoms with Gasteiger partial charge in [0.05, 0.1) is 6.54 Å². The molecule has 0 saturated carbocycles. The number of pyridine rings is 1. The summed E-state index contributed by atoms with van der Waals surface area (Å²) < 4.78 is 5.37. The van der Waals surface area contributed by atoms with Gasteiger partial charge in [-0.25, -0.2) is 0 Å². The number of amides is 1. The summed E-state index contributed by atoms with van der Waals surface area (Å²) in [6.07, 6.45) is 7.59. The molecule has 0 aliphatic carbocycles. The van der Waals surface area contributed by atoms with Crippen LogP contribution >= 0.6 is 0 Å². The van der Waals surface area contributed by atoms with Gasteiger partial charge in [0.2, 0.25) is 17.6 Å². The van der Waals surface area contributed by atoms with Gasteiger partial charge in [-0.3, -0.25) is 14.7 Å². The number of carbonyl (C=O) groups excluding carboxylic acids is 1. The van der Waals surface area contributed by atoms with Crippen LogP contribution in [0.3, 0.4) is 0 Å². The molecule has 1 amide bonds. The van der Waals surface area contributed by atoms with Gasteiger partial charge < -0.3 is 9.42 Å². The van der Waals surface area contributed by atoms with Gasteiger partial charge in [0, 0.05) is 37.0 Å². The molecule has 4 rings (SSSR count). The fourth-order valence-electron chi connectivity index (χ4n) is 3.66. The van der Waals surface area contributed by atoms with Crippen molar-refractivity contribution >= 4 is 5.91 Å². The average Bonchev–Trinajstić information content (AvgIpc) is 3.35. The molecule has 0 aromatic carbocycles. The first kappa shape index (κ1) is 16.2. The Morgan fingerprint density at radius 3 is 2.72 bits per heavy atom. The zero-order chi connectivity index (χ0) is 17.1. The molecule has 2 aromatic rings. The third kappa shape index (κ3) is 3.71. The molecule has 132 valence electrons. The molecule has 0 N–H and O–H groups in total. The molecule has 0 atom stereocenters. The minimum absolute atomic E-state index is 0.183. The SMILES string of the molecule is O=C(C1CCN(Cc2nc(-c3cccnc3)no2)CC1)N1CCCC1. The van der Waals surface area contributed by atoms with E-state index >= 15 is 0 Å². The second-order valence-corrected chi connectivity index (χ2v) is 6.84. The van der Waals surface area contributed by atoms with Gasteiger partial charge in [0.15, 0.2) is 0 Å². The predicted octanol–water partition coefficient (Wildman–Crippen LogP) is 1.97. The van der Waals surface area contributed by atoms with Crippen LogP contribution in [-0.2, 0) is 11.3 Å². The number of nitrogens with zero attached hydrogens (tertiary/aromatic N) is 5. The molecule has 2 aliphatic rings. The van der Waals surface area contributed by atoms with E-state index in [1.807, 2.05) is 17.0 Å². The number of hydrogen-bond donors (Lipinski definition) is 0. The van der Waals surface area contributed by atoms with E-state index in [1.54, 1.807) is 12.4 Å². The Hall–Kier alpha value is -2.28. The Morgan fingerprint density at radius 1 is 1.20 bits per heavy atom. The van der Waals surface area contributed by atoms with Crippen LogP contribution in [0.15, 0.2) is 29.0 Å². The lowest BCUT2D eigenvalue weighted by Gasteiger charge is -2.32. The summed E-state index contributed by atoms with van der Waals surface area (Å²) in [5.41, 5.74) is 0.854. The number of carbonyl (C=O) groups is 1. The first-order valence-corrected chi connectivity index (χ1v) is 9.04. The fourth-order valence-corrected chi connectivity index (χ4v) is 3.66. The van der Waals surface area contributed by atoms with E-state index in [1.165, 1.54) is 0 Å². The van der Waals surface area contributed by atoms with Crippen molar-refractivity contribution in [3.8, 4) is 11.4 Å². The summed E-state index contributed by atoms with van der Waals surface area (Å²) >= 11 is 0.